The molecule has 0 bridgehead atoms. The lowest BCUT2D eigenvalue weighted by atomic mass is 10.0. The number of unbranched alkanes of at least 4 members (excludes halogenated alkanes) is 45. The molecule has 100 heavy (non-hydrogen) atoms. The van der Waals surface area contributed by atoms with E-state index in [1.807, 2.05) is 0 Å². The van der Waals surface area contributed by atoms with E-state index in [0.717, 1.165) is 121 Å². The zero-order valence-electron chi connectivity index (χ0n) is 65.0. The van der Waals surface area contributed by atoms with Gasteiger partial charge in [-0.05, 0) is 63.2 Å². The normalized spacial score (nSPS) is 14.1. The number of hydrogen-bond donors (Lipinski definition) is 3. The Morgan fingerprint density at radius 1 is 0.310 bits per heavy atom. The van der Waals surface area contributed by atoms with Crippen LogP contribution in [0, 0.1) is 11.8 Å². The van der Waals surface area contributed by atoms with Crippen LogP contribution < -0.4 is 0 Å². The SMILES string of the molecule is CCCCCC/C=C\C=C/CCCCCCCC(=O)OC[C@H](COP(=O)(O)OC[C@@H](O)COP(=O)(O)OC[C@@H](COC(=O)CCCCCCCCCCC)OC(=O)CCCCCCCCCCCCCCC(C)C)OC(=O)CCCCCCCCCCCCCCCCCCCCC(C)C. The number of aliphatic hydroxyl groups is 1. The Morgan fingerprint density at radius 3 is 0.820 bits per heavy atom. The molecule has 590 valence electrons. The largest absolute Gasteiger partial charge is 0.472 e. The van der Waals surface area contributed by atoms with Crippen molar-refractivity contribution in [3.63, 3.8) is 0 Å². The molecule has 0 saturated heterocycles. The van der Waals surface area contributed by atoms with Crippen molar-refractivity contribution in [2.75, 3.05) is 39.6 Å². The molecule has 17 nitrogen and oxygen atoms in total. The Labute approximate surface area is 612 Å². The maximum absolute atomic E-state index is 13.1. The first-order valence-corrected chi connectivity index (χ1v) is 44.3. The predicted molar refractivity (Wildman–Crippen MR) is 409 cm³/mol. The maximum atomic E-state index is 13.1. The first-order chi connectivity index (χ1) is 48.4. The van der Waals surface area contributed by atoms with Crippen LogP contribution >= 0.6 is 15.6 Å². The molecule has 5 atom stereocenters. The summed E-state index contributed by atoms with van der Waals surface area (Å²) < 4.78 is 68.6. The second-order valence-electron chi connectivity index (χ2n) is 29.4. The molecule has 0 amide bonds. The highest BCUT2D eigenvalue weighted by Gasteiger charge is 2.30. The predicted octanol–water partition coefficient (Wildman–Crippen LogP) is 23.8. The van der Waals surface area contributed by atoms with Gasteiger partial charge in [0.25, 0.3) is 0 Å². The van der Waals surface area contributed by atoms with Gasteiger partial charge in [-0.2, -0.15) is 0 Å². The Bertz CT molecular complexity index is 2020. The van der Waals surface area contributed by atoms with Crippen LogP contribution in [0.3, 0.4) is 0 Å². The van der Waals surface area contributed by atoms with E-state index in [0.29, 0.717) is 25.7 Å². The minimum Gasteiger partial charge on any atom is -0.462 e. The van der Waals surface area contributed by atoms with Crippen LogP contribution in [-0.4, -0.2) is 96.7 Å². The second-order valence-corrected chi connectivity index (χ2v) is 32.3. The van der Waals surface area contributed by atoms with Crippen molar-refractivity contribution in [1.29, 1.82) is 0 Å². The average Bonchev–Trinajstić information content (AvgIpc) is 0.952. The Kier molecular flexibility index (Phi) is 70.3. The molecule has 0 aromatic rings. The van der Waals surface area contributed by atoms with E-state index in [2.05, 4.69) is 65.8 Å². The number of ether oxygens (including phenoxy) is 4. The van der Waals surface area contributed by atoms with Gasteiger partial charge in [0.2, 0.25) is 0 Å². The van der Waals surface area contributed by atoms with Gasteiger partial charge in [-0.15, -0.1) is 0 Å². The summed E-state index contributed by atoms with van der Waals surface area (Å²) in [6.07, 6.45) is 64.7. The van der Waals surface area contributed by atoms with Crippen LogP contribution in [0.25, 0.3) is 0 Å². The number of aliphatic hydroxyl groups excluding tert-OH is 1. The van der Waals surface area contributed by atoms with Crippen molar-refractivity contribution in [2.45, 2.75) is 419 Å². The average molecular weight is 1460 g/mol. The third-order valence-electron chi connectivity index (χ3n) is 18.3. The van der Waals surface area contributed by atoms with Gasteiger partial charge < -0.3 is 33.8 Å². The van der Waals surface area contributed by atoms with Crippen LogP contribution in [0.2, 0.25) is 0 Å². The van der Waals surface area contributed by atoms with E-state index in [9.17, 15) is 43.2 Å². The number of phosphoric ester groups is 2. The molecule has 0 aromatic carbocycles. The highest BCUT2D eigenvalue weighted by molar-refractivity contribution is 7.47. The van der Waals surface area contributed by atoms with Gasteiger partial charge in [-0.1, -0.05) is 348 Å². The zero-order chi connectivity index (χ0) is 73.5. The van der Waals surface area contributed by atoms with Gasteiger partial charge in [0, 0.05) is 25.7 Å². The third-order valence-corrected chi connectivity index (χ3v) is 20.2. The van der Waals surface area contributed by atoms with Crippen LogP contribution in [0.15, 0.2) is 24.3 Å². The van der Waals surface area contributed by atoms with Crippen LogP contribution in [0.1, 0.15) is 401 Å². The summed E-state index contributed by atoms with van der Waals surface area (Å²) in [4.78, 5) is 72.9. The van der Waals surface area contributed by atoms with Crippen LogP contribution in [0.4, 0.5) is 0 Å². The van der Waals surface area contributed by atoms with Crippen molar-refractivity contribution in [3.05, 3.63) is 24.3 Å². The summed E-state index contributed by atoms with van der Waals surface area (Å²) >= 11 is 0. The van der Waals surface area contributed by atoms with E-state index in [-0.39, 0.29) is 25.7 Å². The van der Waals surface area contributed by atoms with Gasteiger partial charge in [0.15, 0.2) is 12.2 Å². The quantitative estimate of drug-likeness (QED) is 0.0169. The maximum Gasteiger partial charge on any atom is 0.472 e. The second kappa shape index (κ2) is 72.1. The topological polar surface area (TPSA) is 237 Å². The Hall–Kier alpha value is -2.46. The van der Waals surface area contributed by atoms with Gasteiger partial charge >= 0.3 is 39.5 Å². The standard InChI is InChI=1S/C81H154O17P2/c1-7-9-11-13-15-17-18-19-24-28-34-40-46-52-58-64-79(84)92-70-77(98-80(85)65-59-53-47-41-35-29-26-23-21-20-22-25-27-32-38-43-49-55-61-73(3)4)72-96-100(89,90)94-68-75(82)67-93-99(87,88)95-71-76(69-91-78(83)63-57-51-45-37-16-14-12-10-8-2)97-81(86)66-60-54-48-42-36-31-30-33-39-44-50-56-62-74(5)6/h17-19,24,73-77,82H,7-16,20-23,25-72H2,1-6H3,(H,87,88)(H,89,90)/b18-17-,24-19-/t75-,76+,77+/m0/s1. The summed E-state index contributed by atoms with van der Waals surface area (Å²) in [6, 6.07) is 0. The van der Waals surface area contributed by atoms with Gasteiger partial charge in [-0.25, -0.2) is 9.13 Å². The molecule has 3 N–H and O–H groups in total. The van der Waals surface area contributed by atoms with Crippen LogP contribution in [0.5, 0.6) is 0 Å². The number of carbonyl (C=O) groups is 4. The fourth-order valence-electron chi connectivity index (χ4n) is 12.0. The molecule has 0 radical (unpaired) electrons. The highest BCUT2D eigenvalue weighted by Crippen LogP contribution is 2.45. The number of phosphoric acid groups is 2. The summed E-state index contributed by atoms with van der Waals surface area (Å²) in [6.45, 7) is 9.59. The molecule has 19 heteroatoms. The molecule has 0 rings (SSSR count). The highest BCUT2D eigenvalue weighted by atomic mass is 31.2. The first-order valence-electron chi connectivity index (χ1n) is 41.3. The summed E-state index contributed by atoms with van der Waals surface area (Å²) in [5.41, 5.74) is 0. The lowest BCUT2D eigenvalue weighted by molar-refractivity contribution is -0.161. The van der Waals surface area contributed by atoms with E-state index in [1.165, 1.54) is 199 Å². The Balaban J connectivity index is 5.24. The van der Waals surface area contributed by atoms with Gasteiger partial charge in [-0.3, -0.25) is 37.3 Å². The fourth-order valence-corrected chi connectivity index (χ4v) is 13.6. The number of carbonyl (C=O) groups excluding carboxylic acids is 4. The smallest absolute Gasteiger partial charge is 0.462 e. The molecule has 0 aromatic heterocycles. The Morgan fingerprint density at radius 2 is 0.540 bits per heavy atom. The molecule has 2 unspecified atom stereocenters. The monoisotopic (exact) mass is 1460 g/mol. The van der Waals surface area contributed by atoms with Crippen molar-refractivity contribution in [2.24, 2.45) is 11.8 Å². The molecule has 0 heterocycles. The third kappa shape index (κ3) is 73.8. The lowest BCUT2D eigenvalue weighted by Gasteiger charge is -2.21. The van der Waals surface area contributed by atoms with E-state index >= 15 is 0 Å². The molecular weight excluding hydrogens is 1310 g/mol. The molecular formula is C81H154O17P2. The van der Waals surface area contributed by atoms with Crippen LogP contribution in [-0.2, 0) is 65.4 Å². The number of rotatable bonds is 78. The number of hydrogen-bond acceptors (Lipinski definition) is 15. The van der Waals surface area contributed by atoms with Crippen molar-refractivity contribution < 1.29 is 80.2 Å². The van der Waals surface area contributed by atoms with Crippen molar-refractivity contribution in [1.82, 2.24) is 0 Å². The molecule has 0 aliphatic heterocycles. The minimum absolute atomic E-state index is 0.101. The van der Waals surface area contributed by atoms with Gasteiger partial charge in [0.05, 0.1) is 26.4 Å². The molecule has 0 aliphatic rings. The number of allylic oxidation sites excluding steroid dienone is 4. The lowest BCUT2D eigenvalue weighted by Crippen LogP contribution is -2.30. The van der Waals surface area contributed by atoms with Crippen molar-refractivity contribution in [3.8, 4) is 0 Å². The van der Waals surface area contributed by atoms with E-state index < -0.39 is 97.5 Å². The van der Waals surface area contributed by atoms with E-state index in [4.69, 9.17) is 37.0 Å². The minimum atomic E-state index is -4.97. The number of esters is 4. The molecule has 0 fully saturated rings. The summed E-state index contributed by atoms with van der Waals surface area (Å²) in [5, 5.41) is 10.6. The molecule has 0 saturated carbocycles. The van der Waals surface area contributed by atoms with E-state index in [1.54, 1.807) is 0 Å². The first kappa shape index (κ1) is 97.5. The molecule has 0 aliphatic carbocycles. The molecule has 0 spiro atoms. The van der Waals surface area contributed by atoms with Gasteiger partial charge in [0.1, 0.15) is 19.3 Å². The summed E-state index contributed by atoms with van der Waals surface area (Å²) in [5.74, 6) is -0.546. The fraction of sp³-hybridized carbons (Fsp3) is 0.901. The summed E-state index contributed by atoms with van der Waals surface area (Å²) in [7, 11) is -9.93. The van der Waals surface area contributed by atoms with Crippen molar-refractivity contribution >= 4 is 39.5 Å². The zero-order valence-corrected chi connectivity index (χ0v) is 66.8.